The van der Waals surface area contributed by atoms with E-state index in [0.29, 0.717) is 21.3 Å². The van der Waals surface area contributed by atoms with Gasteiger partial charge in [-0.1, -0.05) is 47.5 Å². The number of carbonyl (C=O) groups is 1. The van der Waals surface area contributed by atoms with Gasteiger partial charge in [0.1, 0.15) is 5.54 Å². The van der Waals surface area contributed by atoms with Crippen LogP contribution in [0, 0.1) is 0 Å². The molecule has 7 heteroatoms. The van der Waals surface area contributed by atoms with Gasteiger partial charge in [-0.2, -0.15) is 0 Å². The van der Waals surface area contributed by atoms with Crippen LogP contribution in [0.2, 0.25) is 10.0 Å². The van der Waals surface area contributed by atoms with Gasteiger partial charge in [0.25, 0.3) is 0 Å². The molecule has 1 atom stereocenters. The highest BCUT2D eigenvalue weighted by Gasteiger charge is 2.43. The Labute approximate surface area is 154 Å². The molecule has 1 aliphatic rings. The molecule has 2 aromatic rings. The summed E-state index contributed by atoms with van der Waals surface area (Å²) in [6.45, 7) is -0.495. The minimum Gasteiger partial charge on any atom is -0.477 e. The van der Waals surface area contributed by atoms with Gasteiger partial charge in [-0.15, -0.1) is 0 Å². The topological polar surface area (TPSA) is 81.9 Å². The van der Waals surface area contributed by atoms with E-state index in [1.165, 1.54) is 6.20 Å². The first kappa shape index (κ1) is 17.5. The molecular formula is C18H14Cl2N2O3. The second-order valence-corrected chi connectivity index (χ2v) is 6.40. The van der Waals surface area contributed by atoms with Crippen LogP contribution in [0.3, 0.4) is 0 Å². The average molecular weight is 377 g/mol. The summed E-state index contributed by atoms with van der Waals surface area (Å²) >= 11 is 11.8. The Morgan fingerprint density at radius 2 is 1.60 bits per heavy atom. The van der Waals surface area contributed by atoms with Gasteiger partial charge in [0.05, 0.1) is 18.5 Å². The van der Waals surface area contributed by atoms with Crippen molar-refractivity contribution in [2.45, 2.75) is 5.54 Å². The van der Waals surface area contributed by atoms with E-state index < -0.39 is 18.1 Å². The molecule has 128 valence electrons. The van der Waals surface area contributed by atoms with E-state index in [1.54, 1.807) is 48.5 Å². The predicted molar refractivity (Wildman–Crippen MR) is 97.9 cm³/mol. The van der Waals surface area contributed by atoms with E-state index in [-0.39, 0.29) is 5.71 Å². The summed E-state index contributed by atoms with van der Waals surface area (Å²) < 4.78 is 0. The molecule has 0 fully saturated rings. The number of halogens is 2. The van der Waals surface area contributed by atoms with E-state index in [0.717, 1.165) is 5.56 Å². The number of aliphatic hydroxyl groups is 1. The Hall–Kier alpha value is -2.34. The number of aliphatic imine (C=N–C) groups is 1. The molecule has 2 aromatic carbocycles. The number of aliphatic carboxylic acids is 1. The molecule has 1 heterocycles. The molecule has 3 rings (SSSR count). The van der Waals surface area contributed by atoms with Gasteiger partial charge >= 0.3 is 5.97 Å². The quantitative estimate of drug-likeness (QED) is 0.764. The average Bonchev–Trinajstić information content (AvgIpc) is 2.62. The zero-order valence-corrected chi connectivity index (χ0v) is 14.4. The maximum absolute atomic E-state index is 11.7. The minimum atomic E-state index is -1.39. The minimum absolute atomic E-state index is 0.199. The zero-order chi connectivity index (χ0) is 18.0. The smallest absolute Gasteiger partial charge is 0.353 e. The van der Waals surface area contributed by atoms with Gasteiger partial charge < -0.3 is 15.5 Å². The number of aliphatic hydroxyl groups excluding tert-OH is 1. The first-order valence-electron chi connectivity index (χ1n) is 7.39. The van der Waals surface area contributed by atoms with Crippen molar-refractivity contribution in [2.75, 3.05) is 6.61 Å². The van der Waals surface area contributed by atoms with Gasteiger partial charge in [-0.05, 0) is 35.4 Å². The number of hydrogen-bond acceptors (Lipinski definition) is 4. The number of nitrogens with one attached hydrogen (secondary N) is 1. The third kappa shape index (κ3) is 3.26. The normalized spacial score (nSPS) is 19.6. The second-order valence-electron chi connectivity index (χ2n) is 5.53. The molecule has 0 bridgehead atoms. The fraction of sp³-hybridized carbons (Fsp3) is 0.111. The summed E-state index contributed by atoms with van der Waals surface area (Å²) in [6.07, 6.45) is 1.43. The summed E-state index contributed by atoms with van der Waals surface area (Å²) in [5.41, 5.74) is 0.297. The van der Waals surface area contributed by atoms with Crippen molar-refractivity contribution in [1.82, 2.24) is 5.32 Å². The summed E-state index contributed by atoms with van der Waals surface area (Å²) in [5, 5.41) is 23.9. The summed E-state index contributed by atoms with van der Waals surface area (Å²) in [7, 11) is 0. The van der Waals surface area contributed by atoms with Gasteiger partial charge in [0.15, 0.2) is 5.71 Å². The first-order valence-corrected chi connectivity index (χ1v) is 8.14. The Morgan fingerprint density at radius 3 is 2.12 bits per heavy atom. The Balaban J connectivity index is 2.12. The molecule has 5 nitrogen and oxygen atoms in total. The SMILES string of the molecule is O=C(O)C1=NC=C(c2ccc(Cl)cc2)NC1(CO)c1ccc(Cl)cc1. The van der Waals surface area contributed by atoms with Crippen molar-refractivity contribution in [1.29, 1.82) is 0 Å². The Morgan fingerprint density at radius 1 is 1.04 bits per heavy atom. The molecule has 25 heavy (non-hydrogen) atoms. The lowest BCUT2D eigenvalue weighted by Gasteiger charge is -2.37. The van der Waals surface area contributed by atoms with Crippen LogP contribution >= 0.6 is 23.2 Å². The van der Waals surface area contributed by atoms with Gasteiger partial charge in [-0.3, -0.25) is 0 Å². The molecule has 0 amide bonds. The number of carboxylic acid groups (broad SMARTS) is 1. The monoisotopic (exact) mass is 376 g/mol. The van der Waals surface area contributed by atoms with E-state index in [2.05, 4.69) is 10.3 Å². The summed E-state index contributed by atoms with van der Waals surface area (Å²) in [6, 6.07) is 13.6. The molecule has 1 aliphatic heterocycles. The third-order valence-corrected chi connectivity index (χ3v) is 4.51. The molecule has 0 aromatic heterocycles. The first-order chi connectivity index (χ1) is 12.0. The van der Waals surface area contributed by atoms with Crippen LogP contribution in [0.25, 0.3) is 5.70 Å². The molecule has 0 aliphatic carbocycles. The fourth-order valence-corrected chi connectivity index (χ4v) is 2.98. The number of rotatable bonds is 4. The maximum atomic E-state index is 11.7. The number of benzene rings is 2. The Bertz CT molecular complexity index is 861. The van der Waals surface area contributed by atoms with Crippen molar-refractivity contribution in [3.63, 3.8) is 0 Å². The molecular weight excluding hydrogens is 363 g/mol. The largest absolute Gasteiger partial charge is 0.477 e. The van der Waals surface area contributed by atoms with Crippen LogP contribution in [-0.2, 0) is 10.3 Å². The maximum Gasteiger partial charge on any atom is 0.353 e. The van der Waals surface area contributed by atoms with Crippen molar-refractivity contribution < 1.29 is 15.0 Å². The predicted octanol–water partition coefficient (Wildman–Crippen LogP) is 3.31. The van der Waals surface area contributed by atoms with Crippen molar-refractivity contribution in [3.05, 3.63) is 75.9 Å². The number of nitrogens with zero attached hydrogens (tertiary/aromatic N) is 1. The fourth-order valence-electron chi connectivity index (χ4n) is 2.72. The van der Waals surface area contributed by atoms with Crippen LogP contribution < -0.4 is 5.32 Å². The number of hydrogen-bond donors (Lipinski definition) is 3. The lowest BCUT2D eigenvalue weighted by molar-refractivity contribution is -0.130. The van der Waals surface area contributed by atoms with E-state index >= 15 is 0 Å². The van der Waals surface area contributed by atoms with Crippen LogP contribution in [0.5, 0.6) is 0 Å². The van der Waals surface area contributed by atoms with Crippen LogP contribution in [0.15, 0.2) is 59.7 Å². The third-order valence-electron chi connectivity index (χ3n) is 4.01. The molecule has 0 radical (unpaired) electrons. The van der Waals surface area contributed by atoms with Crippen LogP contribution in [0.1, 0.15) is 11.1 Å². The van der Waals surface area contributed by atoms with Crippen molar-refractivity contribution >= 4 is 40.6 Å². The van der Waals surface area contributed by atoms with Crippen LogP contribution in [-0.4, -0.2) is 28.5 Å². The standard InChI is InChI=1S/C18H14Cl2N2O3/c19-13-5-1-11(2-6-13)15-9-21-16(17(24)25)18(10-23,22-15)12-3-7-14(20)8-4-12/h1-9,22-23H,10H2,(H,24,25). The highest BCUT2D eigenvalue weighted by Crippen LogP contribution is 2.31. The lowest BCUT2D eigenvalue weighted by Crippen LogP contribution is -2.55. The number of carboxylic acids is 1. The van der Waals surface area contributed by atoms with E-state index in [4.69, 9.17) is 23.2 Å². The summed E-state index contributed by atoms with van der Waals surface area (Å²) in [4.78, 5) is 15.8. The zero-order valence-electron chi connectivity index (χ0n) is 12.9. The Kier molecular flexibility index (Phi) is 4.81. The van der Waals surface area contributed by atoms with Gasteiger partial charge in [0.2, 0.25) is 0 Å². The molecule has 3 N–H and O–H groups in total. The molecule has 0 saturated carbocycles. The van der Waals surface area contributed by atoms with E-state index in [1.807, 2.05) is 0 Å². The molecule has 0 saturated heterocycles. The van der Waals surface area contributed by atoms with Crippen molar-refractivity contribution in [2.24, 2.45) is 4.99 Å². The molecule has 1 unspecified atom stereocenters. The molecule has 0 spiro atoms. The highest BCUT2D eigenvalue weighted by molar-refractivity contribution is 6.40. The van der Waals surface area contributed by atoms with Crippen LogP contribution in [0.4, 0.5) is 0 Å². The van der Waals surface area contributed by atoms with Gasteiger partial charge in [0, 0.05) is 10.0 Å². The second kappa shape index (κ2) is 6.88. The van der Waals surface area contributed by atoms with E-state index in [9.17, 15) is 15.0 Å². The van der Waals surface area contributed by atoms with Gasteiger partial charge in [-0.25, -0.2) is 9.79 Å². The summed E-state index contributed by atoms with van der Waals surface area (Å²) in [5.74, 6) is -1.22. The highest BCUT2D eigenvalue weighted by atomic mass is 35.5. The lowest BCUT2D eigenvalue weighted by atomic mass is 9.83. The van der Waals surface area contributed by atoms with Crippen molar-refractivity contribution in [3.8, 4) is 0 Å².